The van der Waals surface area contributed by atoms with Crippen LogP contribution in [0.25, 0.3) is 0 Å². The lowest BCUT2D eigenvalue weighted by atomic mass is 10.1. The standard InChI is InChI=1S/C17H17FN2O/c1-13(15-5-3-2-4-6-15)20-12-21-19-17(20)11-14-7-9-16(18)10-8-14/h2-10,13H,11-12H2,1H3. The number of hydrogen-bond acceptors (Lipinski definition) is 3. The monoisotopic (exact) mass is 284 g/mol. The van der Waals surface area contributed by atoms with Gasteiger partial charge in [-0.25, -0.2) is 4.39 Å². The lowest BCUT2D eigenvalue weighted by Gasteiger charge is -2.25. The van der Waals surface area contributed by atoms with Gasteiger partial charge in [0.1, 0.15) is 5.82 Å². The molecule has 21 heavy (non-hydrogen) atoms. The first-order valence-electron chi connectivity index (χ1n) is 6.99. The molecule has 0 spiro atoms. The van der Waals surface area contributed by atoms with E-state index in [2.05, 4.69) is 29.1 Å². The van der Waals surface area contributed by atoms with Gasteiger partial charge in [-0.05, 0) is 30.2 Å². The number of amidine groups is 1. The van der Waals surface area contributed by atoms with Crippen molar-refractivity contribution in [2.45, 2.75) is 19.4 Å². The van der Waals surface area contributed by atoms with Crippen LogP contribution in [0.1, 0.15) is 24.1 Å². The Labute approximate surface area is 123 Å². The molecule has 1 atom stereocenters. The lowest BCUT2D eigenvalue weighted by Crippen LogP contribution is -2.31. The Bertz CT molecular complexity index is 625. The first-order valence-corrected chi connectivity index (χ1v) is 6.99. The molecular formula is C17H17FN2O. The summed E-state index contributed by atoms with van der Waals surface area (Å²) in [5.41, 5.74) is 2.24. The molecule has 4 heteroatoms. The highest BCUT2D eigenvalue weighted by molar-refractivity contribution is 5.85. The number of rotatable bonds is 4. The summed E-state index contributed by atoms with van der Waals surface area (Å²) >= 11 is 0. The normalized spacial score (nSPS) is 15.5. The van der Waals surface area contributed by atoms with Crippen LogP contribution in [0.5, 0.6) is 0 Å². The van der Waals surface area contributed by atoms with E-state index in [4.69, 9.17) is 4.84 Å². The van der Waals surface area contributed by atoms with E-state index in [-0.39, 0.29) is 11.9 Å². The van der Waals surface area contributed by atoms with Crippen LogP contribution in [0.3, 0.4) is 0 Å². The summed E-state index contributed by atoms with van der Waals surface area (Å²) in [6.45, 7) is 2.58. The Morgan fingerprint density at radius 1 is 1.14 bits per heavy atom. The molecule has 2 aromatic carbocycles. The van der Waals surface area contributed by atoms with Crippen molar-refractivity contribution in [1.29, 1.82) is 0 Å². The molecule has 0 amide bonds. The average molecular weight is 284 g/mol. The lowest BCUT2D eigenvalue weighted by molar-refractivity contribution is 0.0938. The number of halogens is 1. The van der Waals surface area contributed by atoms with E-state index in [0.29, 0.717) is 13.2 Å². The summed E-state index contributed by atoms with van der Waals surface area (Å²) in [6, 6.07) is 16.9. The summed E-state index contributed by atoms with van der Waals surface area (Å²) in [7, 11) is 0. The van der Waals surface area contributed by atoms with Gasteiger partial charge in [0.15, 0.2) is 12.6 Å². The fraction of sp³-hybridized carbons (Fsp3) is 0.235. The van der Waals surface area contributed by atoms with Crippen molar-refractivity contribution in [2.24, 2.45) is 5.16 Å². The minimum Gasteiger partial charge on any atom is -0.372 e. The van der Waals surface area contributed by atoms with E-state index >= 15 is 0 Å². The average Bonchev–Trinajstić information content (AvgIpc) is 2.98. The zero-order chi connectivity index (χ0) is 14.7. The van der Waals surface area contributed by atoms with Crippen molar-refractivity contribution < 1.29 is 9.23 Å². The van der Waals surface area contributed by atoms with Crippen LogP contribution in [0.4, 0.5) is 4.39 Å². The number of hydrogen-bond donors (Lipinski definition) is 0. The molecule has 0 aromatic heterocycles. The summed E-state index contributed by atoms with van der Waals surface area (Å²) in [5, 5.41) is 4.13. The highest BCUT2D eigenvalue weighted by atomic mass is 19.1. The van der Waals surface area contributed by atoms with Crippen LogP contribution in [-0.2, 0) is 11.3 Å². The summed E-state index contributed by atoms with van der Waals surface area (Å²) in [6.07, 6.45) is 0.636. The third-order valence-corrected chi connectivity index (χ3v) is 3.72. The number of oxime groups is 1. The molecule has 1 aliphatic rings. The van der Waals surface area contributed by atoms with Crippen molar-refractivity contribution in [2.75, 3.05) is 6.73 Å². The fourth-order valence-electron chi connectivity index (χ4n) is 2.46. The van der Waals surface area contributed by atoms with Gasteiger partial charge in [-0.15, -0.1) is 0 Å². The first-order chi connectivity index (χ1) is 10.2. The van der Waals surface area contributed by atoms with Crippen LogP contribution in [0.15, 0.2) is 59.8 Å². The maximum absolute atomic E-state index is 13.0. The molecule has 0 bridgehead atoms. The van der Waals surface area contributed by atoms with Gasteiger partial charge < -0.3 is 9.74 Å². The van der Waals surface area contributed by atoms with E-state index in [1.54, 1.807) is 12.1 Å². The van der Waals surface area contributed by atoms with E-state index in [1.165, 1.54) is 17.7 Å². The molecule has 1 aliphatic heterocycles. The molecule has 3 nitrogen and oxygen atoms in total. The Morgan fingerprint density at radius 3 is 2.57 bits per heavy atom. The smallest absolute Gasteiger partial charge is 0.191 e. The molecule has 0 radical (unpaired) electrons. The van der Waals surface area contributed by atoms with Gasteiger partial charge in [0.2, 0.25) is 0 Å². The summed E-state index contributed by atoms with van der Waals surface area (Å²) in [5.74, 6) is 0.649. The predicted octanol–water partition coefficient (Wildman–Crippen LogP) is 3.73. The molecule has 108 valence electrons. The quantitative estimate of drug-likeness (QED) is 0.854. The van der Waals surface area contributed by atoms with E-state index in [9.17, 15) is 4.39 Å². The van der Waals surface area contributed by atoms with Crippen LogP contribution < -0.4 is 0 Å². The minimum absolute atomic E-state index is 0.188. The second-order valence-electron chi connectivity index (χ2n) is 5.13. The van der Waals surface area contributed by atoms with E-state index in [0.717, 1.165) is 11.4 Å². The largest absolute Gasteiger partial charge is 0.372 e. The molecule has 3 rings (SSSR count). The van der Waals surface area contributed by atoms with Crippen molar-refractivity contribution in [3.05, 3.63) is 71.5 Å². The third kappa shape index (κ3) is 3.05. The molecule has 0 saturated carbocycles. The van der Waals surface area contributed by atoms with Gasteiger partial charge in [0.05, 0.1) is 6.04 Å². The zero-order valence-electron chi connectivity index (χ0n) is 11.9. The Morgan fingerprint density at radius 2 is 1.86 bits per heavy atom. The molecule has 1 heterocycles. The maximum atomic E-state index is 13.0. The highest BCUT2D eigenvalue weighted by Gasteiger charge is 2.25. The first kappa shape index (κ1) is 13.6. The second-order valence-corrected chi connectivity index (χ2v) is 5.13. The highest BCUT2D eigenvalue weighted by Crippen LogP contribution is 2.24. The van der Waals surface area contributed by atoms with Gasteiger partial charge in [-0.3, -0.25) is 0 Å². The van der Waals surface area contributed by atoms with Gasteiger partial charge >= 0.3 is 0 Å². The van der Waals surface area contributed by atoms with Gasteiger partial charge in [0.25, 0.3) is 0 Å². The Hall–Kier alpha value is -2.36. The molecule has 1 unspecified atom stereocenters. The molecule has 0 fully saturated rings. The minimum atomic E-state index is -0.224. The Balaban J connectivity index is 1.75. The van der Waals surface area contributed by atoms with Gasteiger partial charge in [0, 0.05) is 6.42 Å². The summed E-state index contributed by atoms with van der Waals surface area (Å²) < 4.78 is 13.0. The van der Waals surface area contributed by atoms with E-state index < -0.39 is 0 Å². The fourth-order valence-corrected chi connectivity index (χ4v) is 2.46. The van der Waals surface area contributed by atoms with E-state index in [1.807, 2.05) is 18.2 Å². The molecule has 0 aliphatic carbocycles. The van der Waals surface area contributed by atoms with Crippen LogP contribution in [-0.4, -0.2) is 17.5 Å². The van der Waals surface area contributed by atoms with Crippen molar-refractivity contribution in [3.8, 4) is 0 Å². The Kier molecular flexibility index (Phi) is 3.86. The molecule has 0 saturated heterocycles. The maximum Gasteiger partial charge on any atom is 0.191 e. The van der Waals surface area contributed by atoms with Crippen LogP contribution >= 0.6 is 0 Å². The number of nitrogens with zero attached hydrogens (tertiary/aromatic N) is 2. The SMILES string of the molecule is CC(c1ccccc1)N1CON=C1Cc1ccc(F)cc1. The van der Waals surface area contributed by atoms with Crippen molar-refractivity contribution in [1.82, 2.24) is 4.90 Å². The van der Waals surface area contributed by atoms with Gasteiger partial charge in [-0.2, -0.15) is 0 Å². The van der Waals surface area contributed by atoms with Crippen LogP contribution in [0.2, 0.25) is 0 Å². The zero-order valence-corrected chi connectivity index (χ0v) is 11.9. The molecular weight excluding hydrogens is 267 g/mol. The predicted molar refractivity (Wildman–Crippen MR) is 80.2 cm³/mol. The molecule has 0 N–H and O–H groups in total. The number of benzene rings is 2. The second kappa shape index (κ2) is 5.95. The van der Waals surface area contributed by atoms with Crippen molar-refractivity contribution in [3.63, 3.8) is 0 Å². The molecule has 2 aromatic rings. The topological polar surface area (TPSA) is 24.8 Å². The van der Waals surface area contributed by atoms with Crippen molar-refractivity contribution >= 4 is 5.84 Å². The van der Waals surface area contributed by atoms with Crippen LogP contribution in [0, 0.1) is 5.82 Å². The third-order valence-electron chi connectivity index (χ3n) is 3.72. The van der Waals surface area contributed by atoms with Gasteiger partial charge in [-0.1, -0.05) is 47.6 Å². The summed E-state index contributed by atoms with van der Waals surface area (Å²) in [4.78, 5) is 7.37.